The molecule has 0 radical (unpaired) electrons. The molecule has 2 aromatic carbocycles. The van der Waals surface area contributed by atoms with Gasteiger partial charge in [0.1, 0.15) is 15.8 Å². The van der Waals surface area contributed by atoms with E-state index in [1.54, 1.807) is 24.3 Å². The quantitative estimate of drug-likeness (QED) is 0.575. The van der Waals surface area contributed by atoms with E-state index in [0.29, 0.717) is 22.1 Å². The number of hydrogen-bond acceptors (Lipinski definition) is 3. The molecule has 1 heterocycles. The molecule has 0 N–H and O–H groups in total. The van der Waals surface area contributed by atoms with E-state index in [2.05, 4.69) is 20.7 Å². The molecule has 0 unspecified atom stereocenters. The van der Waals surface area contributed by atoms with Gasteiger partial charge < -0.3 is 9.15 Å². The standard InChI is InChI=1S/C16H8BrF3O3/c17-14-13(11-3-1-2-4-12(11)22-15(14)21)9-5-7-10(8-6-9)23-16(18,19)20/h1-8H. The second-order valence-corrected chi connectivity index (χ2v) is 5.44. The van der Waals surface area contributed by atoms with E-state index in [1.165, 1.54) is 24.3 Å². The Balaban J connectivity index is 2.13. The summed E-state index contributed by atoms with van der Waals surface area (Å²) in [5.41, 5.74) is 0.951. The SMILES string of the molecule is O=c1oc2ccccc2c(-c2ccc(OC(F)(F)F)cc2)c1Br. The third-order valence-electron chi connectivity index (χ3n) is 3.13. The molecule has 0 fully saturated rings. The molecule has 0 saturated heterocycles. The Hall–Kier alpha value is -2.28. The molecule has 0 aliphatic heterocycles. The van der Waals surface area contributed by atoms with Crippen LogP contribution in [0.5, 0.6) is 5.75 Å². The van der Waals surface area contributed by atoms with Gasteiger partial charge in [-0.1, -0.05) is 30.3 Å². The maximum Gasteiger partial charge on any atom is 0.573 e. The van der Waals surface area contributed by atoms with Gasteiger partial charge in [-0.3, -0.25) is 0 Å². The summed E-state index contributed by atoms with van der Waals surface area (Å²) in [6, 6.07) is 12.2. The fraction of sp³-hybridized carbons (Fsp3) is 0.0625. The van der Waals surface area contributed by atoms with Crippen molar-refractivity contribution in [1.82, 2.24) is 0 Å². The predicted molar refractivity (Wildman–Crippen MR) is 82.3 cm³/mol. The highest BCUT2D eigenvalue weighted by atomic mass is 79.9. The highest BCUT2D eigenvalue weighted by Crippen LogP contribution is 2.34. The number of ether oxygens (including phenoxy) is 1. The molecule has 118 valence electrons. The molecule has 0 aliphatic rings. The van der Waals surface area contributed by atoms with Crippen LogP contribution in [0.3, 0.4) is 0 Å². The lowest BCUT2D eigenvalue weighted by molar-refractivity contribution is -0.274. The van der Waals surface area contributed by atoms with E-state index in [0.717, 1.165) is 0 Å². The number of hydrogen-bond donors (Lipinski definition) is 0. The first kappa shape index (κ1) is 15.6. The van der Waals surface area contributed by atoms with Crippen LogP contribution in [0, 0.1) is 0 Å². The first-order valence-electron chi connectivity index (χ1n) is 6.43. The van der Waals surface area contributed by atoms with Gasteiger partial charge in [-0.2, -0.15) is 0 Å². The molecule has 1 aromatic heterocycles. The van der Waals surface area contributed by atoms with Crippen LogP contribution in [0.25, 0.3) is 22.1 Å². The Morgan fingerprint density at radius 3 is 2.30 bits per heavy atom. The van der Waals surface area contributed by atoms with Gasteiger partial charge in [0, 0.05) is 10.9 Å². The van der Waals surface area contributed by atoms with Gasteiger partial charge in [0.05, 0.1) is 0 Å². The Labute approximate surface area is 136 Å². The van der Waals surface area contributed by atoms with Crippen LogP contribution in [-0.2, 0) is 0 Å². The molecular formula is C16H8BrF3O3. The largest absolute Gasteiger partial charge is 0.573 e. The van der Waals surface area contributed by atoms with Crippen LogP contribution in [0.4, 0.5) is 13.2 Å². The number of fused-ring (bicyclic) bond motifs is 1. The van der Waals surface area contributed by atoms with Gasteiger partial charge in [0.25, 0.3) is 0 Å². The molecule has 0 bridgehead atoms. The Kier molecular flexibility index (Phi) is 3.89. The first-order chi connectivity index (χ1) is 10.8. The highest BCUT2D eigenvalue weighted by Gasteiger charge is 2.31. The maximum absolute atomic E-state index is 12.2. The summed E-state index contributed by atoms with van der Waals surface area (Å²) in [5, 5.41) is 0.670. The fourth-order valence-electron chi connectivity index (χ4n) is 2.23. The topological polar surface area (TPSA) is 39.4 Å². The van der Waals surface area contributed by atoms with Gasteiger partial charge in [-0.15, -0.1) is 13.2 Å². The van der Waals surface area contributed by atoms with Crippen molar-refractivity contribution < 1.29 is 22.3 Å². The van der Waals surface area contributed by atoms with Gasteiger partial charge in [0.2, 0.25) is 0 Å². The van der Waals surface area contributed by atoms with Gasteiger partial charge >= 0.3 is 12.0 Å². The minimum atomic E-state index is -4.75. The minimum Gasteiger partial charge on any atom is -0.422 e. The van der Waals surface area contributed by atoms with Crippen molar-refractivity contribution in [2.75, 3.05) is 0 Å². The summed E-state index contributed by atoms with van der Waals surface area (Å²) in [7, 11) is 0. The third kappa shape index (κ3) is 3.24. The lowest BCUT2D eigenvalue weighted by Crippen LogP contribution is -2.16. The van der Waals surface area contributed by atoms with Crippen molar-refractivity contribution in [3.8, 4) is 16.9 Å². The number of alkyl halides is 3. The fourth-order valence-corrected chi connectivity index (χ4v) is 2.76. The molecule has 3 aromatic rings. The van der Waals surface area contributed by atoms with Crippen LogP contribution >= 0.6 is 15.9 Å². The molecule has 3 nitrogen and oxygen atoms in total. The summed E-state index contributed by atoms with van der Waals surface area (Å²) >= 11 is 3.19. The lowest BCUT2D eigenvalue weighted by atomic mass is 10.0. The van der Waals surface area contributed by atoms with E-state index in [-0.39, 0.29) is 10.2 Å². The van der Waals surface area contributed by atoms with Crippen molar-refractivity contribution in [2.45, 2.75) is 6.36 Å². The Bertz CT molecular complexity index is 914. The number of benzene rings is 2. The third-order valence-corrected chi connectivity index (χ3v) is 3.85. The summed E-state index contributed by atoms with van der Waals surface area (Å²) < 4.78 is 45.8. The molecule has 0 spiro atoms. The molecule has 7 heteroatoms. The van der Waals surface area contributed by atoms with Crippen molar-refractivity contribution >= 4 is 26.9 Å². The zero-order chi connectivity index (χ0) is 16.6. The van der Waals surface area contributed by atoms with Gasteiger partial charge in [-0.05, 0) is 39.7 Å². The second-order valence-electron chi connectivity index (χ2n) is 4.65. The van der Waals surface area contributed by atoms with E-state index in [9.17, 15) is 18.0 Å². The highest BCUT2D eigenvalue weighted by molar-refractivity contribution is 9.10. The summed E-state index contributed by atoms with van der Waals surface area (Å²) in [6.07, 6.45) is -4.75. The molecule has 23 heavy (non-hydrogen) atoms. The van der Waals surface area contributed by atoms with Gasteiger partial charge in [-0.25, -0.2) is 4.79 Å². The van der Waals surface area contributed by atoms with Gasteiger partial charge in [0.15, 0.2) is 0 Å². The second kappa shape index (κ2) is 5.73. The molecular weight excluding hydrogens is 377 g/mol. The van der Waals surface area contributed by atoms with Crippen molar-refractivity contribution in [3.63, 3.8) is 0 Å². The van der Waals surface area contributed by atoms with E-state index in [1.807, 2.05) is 0 Å². The van der Waals surface area contributed by atoms with Crippen molar-refractivity contribution in [3.05, 3.63) is 63.4 Å². The van der Waals surface area contributed by atoms with E-state index >= 15 is 0 Å². The van der Waals surface area contributed by atoms with Crippen molar-refractivity contribution in [1.29, 1.82) is 0 Å². The minimum absolute atomic E-state index is 0.209. The van der Waals surface area contributed by atoms with Crippen LogP contribution in [0.1, 0.15) is 0 Å². The normalized spacial score (nSPS) is 11.7. The number of halogens is 4. The molecule has 0 saturated carbocycles. The summed E-state index contributed by atoms with van der Waals surface area (Å²) in [6.45, 7) is 0. The maximum atomic E-state index is 12.2. The van der Waals surface area contributed by atoms with Crippen LogP contribution in [0.2, 0.25) is 0 Å². The van der Waals surface area contributed by atoms with E-state index in [4.69, 9.17) is 4.42 Å². The molecule has 0 aliphatic carbocycles. The summed E-state index contributed by atoms with van der Waals surface area (Å²) in [5.74, 6) is -0.329. The predicted octanol–water partition coefficient (Wildman–Crippen LogP) is 5.12. The van der Waals surface area contributed by atoms with Crippen LogP contribution in [-0.4, -0.2) is 6.36 Å². The number of para-hydroxylation sites is 1. The summed E-state index contributed by atoms with van der Waals surface area (Å²) in [4.78, 5) is 11.9. The van der Waals surface area contributed by atoms with Crippen LogP contribution < -0.4 is 10.4 Å². The number of rotatable bonds is 2. The average Bonchev–Trinajstić information content (AvgIpc) is 2.48. The zero-order valence-corrected chi connectivity index (χ0v) is 12.9. The molecule has 0 amide bonds. The average molecular weight is 385 g/mol. The molecule has 0 atom stereocenters. The Morgan fingerprint density at radius 2 is 1.65 bits per heavy atom. The monoisotopic (exact) mass is 384 g/mol. The van der Waals surface area contributed by atoms with Crippen molar-refractivity contribution in [2.24, 2.45) is 0 Å². The smallest absolute Gasteiger partial charge is 0.422 e. The zero-order valence-electron chi connectivity index (χ0n) is 11.4. The van der Waals surface area contributed by atoms with E-state index < -0.39 is 12.0 Å². The first-order valence-corrected chi connectivity index (χ1v) is 7.22. The lowest BCUT2D eigenvalue weighted by Gasteiger charge is -2.11. The molecule has 3 rings (SSSR count). The van der Waals surface area contributed by atoms with Crippen LogP contribution in [0.15, 0.2) is 62.2 Å². The Morgan fingerprint density at radius 1 is 1.00 bits per heavy atom.